The van der Waals surface area contributed by atoms with Gasteiger partial charge < -0.3 is 18.6 Å². The predicted octanol–water partition coefficient (Wildman–Crippen LogP) is 15.8. The second-order valence-corrected chi connectivity index (χ2v) is 15.6. The number of furan rings is 2. The second kappa shape index (κ2) is 13.9. The van der Waals surface area contributed by atoms with Gasteiger partial charge in [0.1, 0.15) is 22.3 Å². The van der Waals surface area contributed by atoms with E-state index in [0.29, 0.717) is 0 Å². The Morgan fingerprint density at radius 1 is 0.367 bits per heavy atom. The molecule has 0 saturated carbocycles. The summed E-state index contributed by atoms with van der Waals surface area (Å²) in [4.78, 5) is 4.66. The Bertz CT molecular complexity index is 3370. The van der Waals surface area contributed by atoms with E-state index in [1.165, 1.54) is 27.8 Å². The summed E-state index contributed by atoms with van der Waals surface area (Å²) in [6.07, 6.45) is 0.926. The summed E-state index contributed by atoms with van der Waals surface area (Å²) in [6.45, 7) is 0. The Kier molecular flexibility index (Phi) is 7.95. The van der Waals surface area contributed by atoms with Gasteiger partial charge in [-0.2, -0.15) is 0 Å². The molecule has 1 unspecified atom stereocenters. The first kappa shape index (κ1) is 34.2. The van der Waals surface area contributed by atoms with Crippen LogP contribution in [0.15, 0.2) is 221 Å². The monoisotopic (exact) mass is 770 g/mol. The minimum atomic E-state index is 0.279. The lowest BCUT2D eigenvalue weighted by molar-refractivity contribution is 0.669. The molecule has 12 rings (SSSR count). The van der Waals surface area contributed by atoms with Gasteiger partial charge in [0.25, 0.3) is 0 Å². The van der Waals surface area contributed by atoms with Gasteiger partial charge in [-0.3, -0.25) is 0 Å². The Morgan fingerprint density at radius 3 is 1.72 bits per heavy atom. The Hall–Kier alpha value is -7.82. The summed E-state index contributed by atoms with van der Waals surface area (Å²) < 4.78 is 13.2. The molecular formula is C56H38N2O2. The van der Waals surface area contributed by atoms with E-state index >= 15 is 0 Å². The first-order valence-corrected chi connectivity index (χ1v) is 20.6. The molecule has 0 saturated heterocycles. The summed E-state index contributed by atoms with van der Waals surface area (Å²) in [5.74, 6) is 0.279. The summed E-state index contributed by atoms with van der Waals surface area (Å²) in [7, 11) is 0. The molecule has 0 amide bonds. The molecule has 4 heteroatoms. The van der Waals surface area contributed by atoms with Crippen molar-refractivity contribution in [3.05, 3.63) is 229 Å². The van der Waals surface area contributed by atoms with Gasteiger partial charge >= 0.3 is 0 Å². The third-order valence-corrected chi connectivity index (χ3v) is 12.2. The SMILES string of the molecule is c1ccc(C2Cc3cc(N(c4ccccc4)c4cccc5oc6cc(N(c7ccccc7)c7ccc8c(c7)oc7ccccc78)ccc6c45)ccc3-c3ccccc32)cc1. The van der Waals surface area contributed by atoms with E-state index in [0.717, 1.165) is 84.4 Å². The lowest BCUT2D eigenvalue weighted by Gasteiger charge is -2.31. The molecule has 0 N–H and O–H groups in total. The molecule has 284 valence electrons. The van der Waals surface area contributed by atoms with E-state index in [2.05, 4.69) is 210 Å². The van der Waals surface area contributed by atoms with Crippen molar-refractivity contribution in [3.63, 3.8) is 0 Å². The van der Waals surface area contributed by atoms with Crippen LogP contribution in [-0.4, -0.2) is 0 Å². The highest BCUT2D eigenvalue weighted by molar-refractivity contribution is 6.14. The van der Waals surface area contributed by atoms with E-state index in [9.17, 15) is 0 Å². The number of rotatable bonds is 7. The van der Waals surface area contributed by atoms with Crippen molar-refractivity contribution in [3.8, 4) is 11.1 Å². The molecule has 1 atom stereocenters. The number of para-hydroxylation sites is 3. The maximum atomic E-state index is 6.81. The Balaban J connectivity index is 0.999. The molecule has 60 heavy (non-hydrogen) atoms. The van der Waals surface area contributed by atoms with Crippen LogP contribution in [0.4, 0.5) is 34.1 Å². The maximum Gasteiger partial charge on any atom is 0.137 e. The number of nitrogens with zero attached hydrogens (tertiary/aromatic N) is 2. The van der Waals surface area contributed by atoms with Crippen molar-refractivity contribution in [2.24, 2.45) is 0 Å². The quantitative estimate of drug-likeness (QED) is 0.162. The lowest BCUT2D eigenvalue weighted by atomic mass is 9.75. The van der Waals surface area contributed by atoms with Crippen molar-refractivity contribution >= 4 is 78.0 Å². The minimum Gasteiger partial charge on any atom is -0.456 e. The molecule has 0 radical (unpaired) electrons. The first-order valence-electron chi connectivity index (χ1n) is 20.6. The smallest absolute Gasteiger partial charge is 0.137 e. The van der Waals surface area contributed by atoms with E-state index in [4.69, 9.17) is 8.83 Å². The van der Waals surface area contributed by atoms with Gasteiger partial charge in [-0.25, -0.2) is 0 Å². The number of hydrogen-bond acceptors (Lipinski definition) is 4. The molecule has 0 fully saturated rings. The van der Waals surface area contributed by atoms with Crippen molar-refractivity contribution in [1.29, 1.82) is 0 Å². The molecule has 0 bridgehead atoms. The molecule has 1 aliphatic carbocycles. The van der Waals surface area contributed by atoms with E-state index < -0.39 is 0 Å². The van der Waals surface area contributed by atoms with Crippen LogP contribution < -0.4 is 9.80 Å². The average Bonchev–Trinajstić information content (AvgIpc) is 3.88. The fourth-order valence-electron chi connectivity index (χ4n) is 9.51. The zero-order valence-corrected chi connectivity index (χ0v) is 32.7. The van der Waals surface area contributed by atoms with E-state index in [-0.39, 0.29) is 5.92 Å². The molecule has 9 aromatic carbocycles. The van der Waals surface area contributed by atoms with Crippen molar-refractivity contribution < 1.29 is 8.83 Å². The van der Waals surface area contributed by atoms with Crippen LogP contribution in [0, 0.1) is 0 Å². The third-order valence-electron chi connectivity index (χ3n) is 12.2. The highest BCUT2D eigenvalue weighted by Crippen LogP contribution is 2.48. The van der Waals surface area contributed by atoms with Crippen molar-refractivity contribution in [1.82, 2.24) is 0 Å². The van der Waals surface area contributed by atoms with Crippen molar-refractivity contribution in [2.45, 2.75) is 12.3 Å². The summed E-state index contributed by atoms with van der Waals surface area (Å²) in [5, 5.41) is 4.35. The molecule has 2 aromatic heterocycles. The van der Waals surface area contributed by atoms with Crippen LogP contribution in [0.5, 0.6) is 0 Å². The molecule has 1 aliphatic rings. The van der Waals surface area contributed by atoms with Crippen LogP contribution in [0.2, 0.25) is 0 Å². The first-order chi connectivity index (χ1) is 29.7. The summed E-state index contributed by atoms with van der Waals surface area (Å²) >= 11 is 0. The van der Waals surface area contributed by atoms with Gasteiger partial charge in [0.05, 0.1) is 11.1 Å². The van der Waals surface area contributed by atoms with Gasteiger partial charge in [-0.05, 0) is 113 Å². The van der Waals surface area contributed by atoms with Gasteiger partial charge in [0.15, 0.2) is 0 Å². The normalized spacial score (nSPS) is 13.4. The van der Waals surface area contributed by atoms with Gasteiger partial charge in [-0.1, -0.05) is 121 Å². The van der Waals surface area contributed by atoms with Crippen LogP contribution in [0.3, 0.4) is 0 Å². The molecular weight excluding hydrogens is 733 g/mol. The number of benzene rings is 9. The van der Waals surface area contributed by atoms with E-state index in [1.807, 2.05) is 12.1 Å². The van der Waals surface area contributed by atoms with Crippen LogP contribution >= 0.6 is 0 Å². The molecule has 0 spiro atoms. The minimum absolute atomic E-state index is 0.279. The standard InChI is InChI=1S/C56H38N2O2/c1-4-15-37(16-5-1)50-34-38-33-41(27-30-44(38)45-21-10-11-22-46(45)50)58(40-19-8-3-9-20-40)51-24-14-26-53-56(51)49-32-29-43(36-55(49)60-53)57(39-17-6-2-7-18-39)42-28-31-48-47-23-12-13-25-52(47)59-54(48)35-42/h1-33,35-36,50H,34H2. The van der Waals surface area contributed by atoms with Gasteiger partial charge in [0, 0.05) is 62.6 Å². The van der Waals surface area contributed by atoms with E-state index in [1.54, 1.807) is 0 Å². The Morgan fingerprint density at radius 2 is 0.933 bits per heavy atom. The van der Waals surface area contributed by atoms with Crippen LogP contribution in [0.1, 0.15) is 22.6 Å². The van der Waals surface area contributed by atoms with Crippen LogP contribution in [0.25, 0.3) is 55.0 Å². The third kappa shape index (κ3) is 5.60. The summed E-state index contributed by atoms with van der Waals surface area (Å²) in [6, 6.07) is 75.7. The second-order valence-electron chi connectivity index (χ2n) is 15.6. The highest BCUT2D eigenvalue weighted by Gasteiger charge is 2.28. The largest absolute Gasteiger partial charge is 0.456 e. The zero-order chi connectivity index (χ0) is 39.6. The molecule has 4 nitrogen and oxygen atoms in total. The number of hydrogen-bond donors (Lipinski definition) is 0. The number of anilines is 6. The molecule has 0 aliphatic heterocycles. The van der Waals surface area contributed by atoms with Gasteiger partial charge in [-0.15, -0.1) is 0 Å². The molecule has 2 heterocycles. The van der Waals surface area contributed by atoms with Crippen molar-refractivity contribution in [2.75, 3.05) is 9.80 Å². The maximum absolute atomic E-state index is 6.81. The fraction of sp³-hybridized carbons (Fsp3) is 0.0357. The Labute approximate surface area is 347 Å². The number of fused-ring (bicyclic) bond motifs is 9. The average molecular weight is 771 g/mol. The molecule has 11 aromatic rings. The highest BCUT2D eigenvalue weighted by atomic mass is 16.3. The predicted molar refractivity (Wildman–Crippen MR) is 248 cm³/mol. The topological polar surface area (TPSA) is 32.8 Å². The lowest BCUT2D eigenvalue weighted by Crippen LogP contribution is -2.15. The van der Waals surface area contributed by atoms with Gasteiger partial charge in [0.2, 0.25) is 0 Å². The fourth-order valence-corrected chi connectivity index (χ4v) is 9.51. The summed E-state index contributed by atoms with van der Waals surface area (Å²) in [5.41, 5.74) is 16.4. The zero-order valence-electron chi connectivity index (χ0n) is 32.7. The van der Waals surface area contributed by atoms with Crippen LogP contribution in [-0.2, 0) is 6.42 Å².